The Kier molecular flexibility index (Phi) is 14.1. The average Bonchev–Trinajstić information content (AvgIpc) is 2.90. The van der Waals surface area contributed by atoms with E-state index in [-0.39, 0.29) is 51.2 Å². The minimum absolute atomic E-state index is 0.000583. The third-order valence-corrected chi connectivity index (χ3v) is 6.54. The maximum atomic E-state index is 13.1. The summed E-state index contributed by atoms with van der Waals surface area (Å²) in [5, 5.41) is 23.0. The summed E-state index contributed by atoms with van der Waals surface area (Å²) in [4.78, 5) is 35.9. The normalized spacial score (nSPS) is 13.9. The molecule has 0 aromatic heterocycles. The number of carbonyl (C=O) groups excluding carboxylic acids is 3. The number of aliphatic hydroxyl groups is 2. The highest BCUT2D eigenvalue weighted by Crippen LogP contribution is 2.26. The first-order valence-corrected chi connectivity index (χ1v) is 15.1. The van der Waals surface area contributed by atoms with Gasteiger partial charge in [-0.15, -0.1) is 0 Å². The van der Waals surface area contributed by atoms with Gasteiger partial charge in [-0.3, -0.25) is 14.4 Å². The molecule has 0 spiro atoms. The zero-order valence-electron chi connectivity index (χ0n) is 22.7. The fourth-order valence-electron chi connectivity index (χ4n) is 3.87. The number of alkyl halides is 2. The molecular weight excluding hydrogens is 652 g/mol. The van der Waals surface area contributed by atoms with Crippen LogP contribution in [0.3, 0.4) is 0 Å². The van der Waals surface area contributed by atoms with E-state index in [9.17, 15) is 24.6 Å². The molecule has 0 saturated heterocycles. The molecule has 0 heterocycles. The highest BCUT2D eigenvalue weighted by molar-refractivity contribution is 9.09. The van der Waals surface area contributed by atoms with Gasteiger partial charge in [-0.05, 0) is 49.2 Å². The fraction of sp³-hybridized carbons (Fsp3) is 0.483. The third-order valence-electron chi connectivity index (χ3n) is 5.75. The molecule has 0 fully saturated rings. The molecule has 2 atom stereocenters. The largest absolute Gasteiger partial charge is 0.490 e. The van der Waals surface area contributed by atoms with E-state index >= 15 is 0 Å². The van der Waals surface area contributed by atoms with Crippen molar-refractivity contribution in [1.29, 1.82) is 0 Å². The predicted molar refractivity (Wildman–Crippen MR) is 156 cm³/mol. The summed E-state index contributed by atoms with van der Waals surface area (Å²) in [5.74, 6) is -0.191. The van der Waals surface area contributed by atoms with Gasteiger partial charge >= 0.3 is 11.9 Å². The molecule has 0 bridgehead atoms. The number of ether oxygens (including phenoxy) is 4. The Balaban J connectivity index is 1.85. The maximum Gasteiger partial charge on any atom is 0.306 e. The van der Waals surface area contributed by atoms with Crippen LogP contribution >= 0.6 is 31.9 Å². The van der Waals surface area contributed by atoms with Crippen molar-refractivity contribution in [1.82, 2.24) is 0 Å². The SMILES string of the molecule is CC(O)(Cc1ccc(OCCOC(=O)CCBr)cc1)C(=O)C(C)(O)Cc1ccc(OCCOC(=O)CCBr)cc1. The lowest BCUT2D eigenvalue weighted by atomic mass is 9.80. The Labute approximate surface area is 251 Å². The summed E-state index contributed by atoms with van der Waals surface area (Å²) in [6, 6.07) is 13.7. The second-order valence-electron chi connectivity index (χ2n) is 9.53. The molecule has 2 unspecified atom stereocenters. The lowest BCUT2D eigenvalue weighted by Gasteiger charge is -2.31. The number of rotatable bonds is 18. The summed E-state index contributed by atoms with van der Waals surface area (Å²) in [6.45, 7) is 3.45. The Morgan fingerprint density at radius 1 is 0.650 bits per heavy atom. The van der Waals surface area contributed by atoms with E-state index in [1.165, 1.54) is 13.8 Å². The van der Waals surface area contributed by atoms with Gasteiger partial charge in [0.25, 0.3) is 0 Å². The van der Waals surface area contributed by atoms with Crippen LogP contribution in [0, 0.1) is 0 Å². The van der Waals surface area contributed by atoms with Crippen molar-refractivity contribution in [3.8, 4) is 11.5 Å². The second-order valence-corrected chi connectivity index (χ2v) is 11.1. The molecule has 0 aliphatic heterocycles. The quantitative estimate of drug-likeness (QED) is 0.136. The van der Waals surface area contributed by atoms with Gasteiger partial charge in [0.2, 0.25) is 0 Å². The van der Waals surface area contributed by atoms with Crippen LogP contribution in [0.1, 0.15) is 37.8 Å². The number of Topliss-reactive ketones (excluding diaryl/α,β-unsaturated/α-hetero) is 1. The van der Waals surface area contributed by atoms with Crippen molar-refractivity contribution in [3.05, 3.63) is 59.7 Å². The van der Waals surface area contributed by atoms with Crippen molar-refractivity contribution >= 4 is 49.6 Å². The molecule has 0 aliphatic carbocycles. The number of ketones is 1. The van der Waals surface area contributed by atoms with Crippen LogP contribution in [-0.2, 0) is 36.7 Å². The highest BCUT2D eigenvalue weighted by atomic mass is 79.9. The van der Waals surface area contributed by atoms with Crippen molar-refractivity contribution in [2.24, 2.45) is 0 Å². The van der Waals surface area contributed by atoms with Gasteiger partial charge in [0.05, 0.1) is 12.8 Å². The van der Waals surface area contributed by atoms with Gasteiger partial charge in [-0.1, -0.05) is 56.1 Å². The van der Waals surface area contributed by atoms with E-state index in [1.54, 1.807) is 48.5 Å². The molecule has 0 radical (unpaired) electrons. The zero-order valence-corrected chi connectivity index (χ0v) is 25.9. The second kappa shape index (κ2) is 16.7. The van der Waals surface area contributed by atoms with Crippen LogP contribution in [0.4, 0.5) is 0 Å². The minimum Gasteiger partial charge on any atom is -0.490 e. The highest BCUT2D eigenvalue weighted by Gasteiger charge is 2.42. The third kappa shape index (κ3) is 12.0. The molecular formula is C29H36Br2O9. The molecule has 0 amide bonds. The minimum atomic E-state index is -1.81. The molecule has 220 valence electrons. The smallest absolute Gasteiger partial charge is 0.306 e. The fourth-order valence-corrected chi connectivity index (χ4v) is 4.52. The van der Waals surface area contributed by atoms with Crippen LogP contribution in [-0.4, -0.2) is 76.2 Å². The van der Waals surface area contributed by atoms with Gasteiger partial charge in [-0.2, -0.15) is 0 Å². The van der Waals surface area contributed by atoms with E-state index in [2.05, 4.69) is 31.9 Å². The van der Waals surface area contributed by atoms with Gasteiger partial charge in [-0.25, -0.2) is 0 Å². The number of carbonyl (C=O) groups is 3. The van der Waals surface area contributed by atoms with Crippen LogP contribution < -0.4 is 9.47 Å². The summed E-state index contributed by atoms with van der Waals surface area (Å²) in [7, 11) is 0. The number of benzene rings is 2. The standard InChI is InChI=1S/C29H36Br2O9/c1-28(35,19-21-3-7-23(8-4-21)37-15-17-39-25(32)11-13-30)27(34)29(2,36)20-22-5-9-24(10-6-22)38-16-18-40-26(33)12-14-31/h3-10,35-36H,11-20H2,1-2H3. The topological polar surface area (TPSA) is 129 Å². The van der Waals surface area contributed by atoms with Gasteiger partial charge in [0.15, 0.2) is 5.78 Å². The van der Waals surface area contributed by atoms with E-state index in [0.717, 1.165) is 0 Å². The Hall–Kier alpha value is -2.47. The first kappa shape index (κ1) is 33.7. The number of esters is 2. The maximum absolute atomic E-state index is 13.1. The van der Waals surface area contributed by atoms with Crippen LogP contribution in [0.2, 0.25) is 0 Å². The molecule has 9 nitrogen and oxygen atoms in total. The van der Waals surface area contributed by atoms with Crippen LogP contribution in [0.25, 0.3) is 0 Å². The molecule has 0 saturated carbocycles. The first-order valence-electron chi connectivity index (χ1n) is 12.8. The monoisotopic (exact) mass is 686 g/mol. The Bertz CT molecular complexity index is 998. The average molecular weight is 688 g/mol. The van der Waals surface area contributed by atoms with Gasteiger partial charge < -0.3 is 29.2 Å². The summed E-state index contributed by atoms with van der Waals surface area (Å²) >= 11 is 6.35. The number of hydrogen-bond acceptors (Lipinski definition) is 9. The van der Waals surface area contributed by atoms with Crippen molar-refractivity contribution in [2.75, 3.05) is 37.1 Å². The summed E-state index contributed by atoms with van der Waals surface area (Å²) in [6.07, 6.45) is 0.584. The summed E-state index contributed by atoms with van der Waals surface area (Å²) < 4.78 is 21.2. The molecule has 40 heavy (non-hydrogen) atoms. The van der Waals surface area contributed by atoms with Gasteiger partial charge in [0, 0.05) is 23.5 Å². The molecule has 2 N–H and O–H groups in total. The molecule has 2 aromatic carbocycles. The van der Waals surface area contributed by atoms with E-state index in [4.69, 9.17) is 18.9 Å². The lowest BCUT2D eigenvalue weighted by molar-refractivity contribution is -0.153. The summed E-state index contributed by atoms with van der Waals surface area (Å²) in [5.41, 5.74) is -2.26. The van der Waals surface area contributed by atoms with E-state index < -0.39 is 17.0 Å². The number of halogens is 2. The van der Waals surface area contributed by atoms with Crippen molar-refractivity contribution in [3.63, 3.8) is 0 Å². The van der Waals surface area contributed by atoms with Crippen molar-refractivity contribution in [2.45, 2.75) is 50.7 Å². The lowest BCUT2D eigenvalue weighted by Crippen LogP contribution is -2.52. The molecule has 11 heteroatoms. The Morgan fingerprint density at radius 2 is 1.00 bits per heavy atom. The van der Waals surface area contributed by atoms with Crippen LogP contribution in [0.5, 0.6) is 11.5 Å². The van der Waals surface area contributed by atoms with Crippen LogP contribution in [0.15, 0.2) is 48.5 Å². The Morgan fingerprint density at radius 3 is 1.32 bits per heavy atom. The zero-order chi connectivity index (χ0) is 29.6. The first-order chi connectivity index (χ1) is 19.0. The van der Waals surface area contributed by atoms with E-state index in [1.807, 2.05) is 0 Å². The number of hydrogen-bond donors (Lipinski definition) is 2. The molecule has 2 rings (SSSR count). The van der Waals surface area contributed by atoms with Crippen molar-refractivity contribution < 1.29 is 43.5 Å². The van der Waals surface area contributed by atoms with E-state index in [0.29, 0.717) is 46.1 Å². The molecule has 0 aliphatic rings. The predicted octanol–water partition coefficient (Wildman–Crippen LogP) is 3.96. The molecule has 2 aromatic rings. The van der Waals surface area contributed by atoms with Gasteiger partial charge in [0.1, 0.15) is 49.1 Å².